The average Bonchev–Trinajstić information content (AvgIpc) is 2.97. The van der Waals surface area contributed by atoms with Gasteiger partial charge in [-0.25, -0.2) is 0 Å². The van der Waals surface area contributed by atoms with Crippen molar-refractivity contribution in [3.63, 3.8) is 0 Å². The van der Waals surface area contributed by atoms with E-state index < -0.39 is 0 Å². The first-order valence-corrected chi connectivity index (χ1v) is 8.27. The molecule has 21 heavy (non-hydrogen) atoms. The average molecular weight is 349 g/mol. The molecular weight excluding hydrogens is 328 g/mol. The normalized spacial score (nSPS) is 19.1. The van der Waals surface area contributed by atoms with Crippen molar-refractivity contribution in [2.45, 2.75) is 25.4 Å². The second kappa shape index (κ2) is 6.77. The number of furan rings is 1. The lowest BCUT2D eigenvalue weighted by Crippen LogP contribution is -2.43. The number of benzene rings is 1. The molecule has 1 aliphatic rings. The second-order valence-corrected chi connectivity index (χ2v) is 6.60. The van der Waals surface area contributed by atoms with Crippen molar-refractivity contribution in [3.8, 4) is 11.3 Å². The molecule has 1 aromatic heterocycles. The van der Waals surface area contributed by atoms with E-state index in [1.165, 1.54) is 12.8 Å². The van der Waals surface area contributed by atoms with Gasteiger partial charge in [0.15, 0.2) is 0 Å². The molecule has 0 amide bonds. The van der Waals surface area contributed by atoms with Crippen molar-refractivity contribution in [1.29, 1.82) is 0 Å². The fraction of sp³-hybridized carbons (Fsp3) is 0.412. The van der Waals surface area contributed by atoms with E-state index in [4.69, 9.17) is 4.42 Å². The summed E-state index contributed by atoms with van der Waals surface area (Å²) in [6.07, 6.45) is 2.53. The SMILES string of the molecule is CN(Cc1ccc(-c2ccc(Br)cc2)o1)C1CCCNC1. The van der Waals surface area contributed by atoms with Gasteiger partial charge in [0.1, 0.15) is 11.5 Å². The van der Waals surface area contributed by atoms with Crippen molar-refractivity contribution in [2.75, 3.05) is 20.1 Å². The predicted molar refractivity (Wildman–Crippen MR) is 89.2 cm³/mol. The third-order valence-electron chi connectivity index (χ3n) is 4.09. The van der Waals surface area contributed by atoms with Crippen LogP contribution in [-0.4, -0.2) is 31.1 Å². The summed E-state index contributed by atoms with van der Waals surface area (Å²) in [5, 5.41) is 3.46. The molecule has 0 bridgehead atoms. The van der Waals surface area contributed by atoms with Crippen LogP contribution in [0, 0.1) is 0 Å². The third kappa shape index (κ3) is 3.76. The Kier molecular flexibility index (Phi) is 4.78. The molecule has 3 nitrogen and oxygen atoms in total. The maximum absolute atomic E-state index is 5.99. The van der Waals surface area contributed by atoms with Gasteiger partial charge in [-0.05, 0) is 50.7 Å². The van der Waals surface area contributed by atoms with Crippen LogP contribution < -0.4 is 5.32 Å². The van der Waals surface area contributed by atoms with Crippen molar-refractivity contribution in [1.82, 2.24) is 10.2 Å². The minimum atomic E-state index is 0.611. The fourth-order valence-electron chi connectivity index (χ4n) is 2.82. The van der Waals surface area contributed by atoms with Gasteiger partial charge in [0.2, 0.25) is 0 Å². The minimum Gasteiger partial charge on any atom is -0.460 e. The van der Waals surface area contributed by atoms with E-state index in [9.17, 15) is 0 Å². The molecule has 1 aliphatic heterocycles. The molecule has 2 heterocycles. The van der Waals surface area contributed by atoms with Crippen molar-refractivity contribution < 1.29 is 4.42 Å². The number of nitrogens with zero attached hydrogens (tertiary/aromatic N) is 1. The molecule has 1 atom stereocenters. The molecule has 4 heteroatoms. The quantitative estimate of drug-likeness (QED) is 0.908. The molecule has 112 valence electrons. The highest BCUT2D eigenvalue weighted by atomic mass is 79.9. The molecular formula is C17H21BrN2O. The fourth-order valence-corrected chi connectivity index (χ4v) is 3.08. The van der Waals surface area contributed by atoms with Crippen LogP contribution in [0.25, 0.3) is 11.3 Å². The summed E-state index contributed by atoms with van der Waals surface area (Å²) < 4.78 is 7.08. The largest absolute Gasteiger partial charge is 0.460 e. The number of piperidine rings is 1. The maximum atomic E-state index is 5.99. The predicted octanol–water partition coefficient (Wildman–Crippen LogP) is 3.89. The van der Waals surface area contributed by atoms with E-state index in [0.717, 1.165) is 41.2 Å². The third-order valence-corrected chi connectivity index (χ3v) is 4.62. The number of hydrogen-bond donors (Lipinski definition) is 1. The number of hydrogen-bond acceptors (Lipinski definition) is 3. The Morgan fingerprint density at radius 1 is 1.24 bits per heavy atom. The molecule has 0 aliphatic carbocycles. The van der Waals surface area contributed by atoms with E-state index in [2.05, 4.69) is 57.5 Å². The topological polar surface area (TPSA) is 28.4 Å². The van der Waals surface area contributed by atoms with Crippen molar-refractivity contribution in [2.24, 2.45) is 0 Å². The second-order valence-electron chi connectivity index (χ2n) is 5.69. The molecule has 2 aromatic rings. The molecule has 3 rings (SSSR count). The van der Waals surface area contributed by atoms with Gasteiger partial charge in [-0.2, -0.15) is 0 Å². The Labute approximate surface area is 134 Å². The number of likely N-dealkylation sites (N-methyl/N-ethyl adjacent to an activating group) is 1. The first kappa shape index (κ1) is 14.8. The maximum Gasteiger partial charge on any atom is 0.134 e. The van der Waals surface area contributed by atoms with E-state index >= 15 is 0 Å². The summed E-state index contributed by atoms with van der Waals surface area (Å²) in [7, 11) is 2.18. The minimum absolute atomic E-state index is 0.611. The summed E-state index contributed by atoms with van der Waals surface area (Å²) in [6, 6.07) is 13.0. The Morgan fingerprint density at radius 2 is 2.05 bits per heavy atom. The van der Waals surface area contributed by atoms with Crippen LogP contribution in [0.3, 0.4) is 0 Å². The van der Waals surface area contributed by atoms with Crippen molar-refractivity contribution in [3.05, 3.63) is 46.6 Å². The van der Waals surface area contributed by atoms with E-state index in [1.807, 2.05) is 12.1 Å². The molecule has 1 N–H and O–H groups in total. The summed E-state index contributed by atoms with van der Waals surface area (Å²) in [5.41, 5.74) is 1.12. The van der Waals surface area contributed by atoms with Gasteiger partial charge < -0.3 is 9.73 Å². The van der Waals surface area contributed by atoms with Gasteiger partial charge in [0.25, 0.3) is 0 Å². The first-order valence-electron chi connectivity index (χ1n) is 7.48. The highest BCUT2D eigenvalue weighted by Gasteiger charge is 2.18. The lowest BCUT2D eigenvalue weighted by Gasteiger charge is -2.31. The van der Waals surface area contributed by atoms with Crippen LogP contribution in [-0.2, 0) is 6.54 Å². The van der Waals surface area contributed by atoms with Crippen LogP contribution in [0.5, 0.6) is 0 Å². The molecule has 0 spiro atoms. The highest BCUT2D eigenvalue weighted by molar-refractivity contribution is 9.10. The highest BCUT2D eigenvalue weighted by Crippen LogP contribution is 2.25. The van der Waals surface area contributed by atoms with E-state index in [1.54, 1.807) is 0 Å². The molecule has 1 unspecified atom stereocenters. The first-order chi connectivity index (χ1) is 10.2. The number of nitrogens with one attached hydrogen (secondary N) is 1. The van der Waals surface area contributed by atoms with Gasteiger partial charge >= 0.3 is 0 Å². The zero-order chi connectivity index (χ0) is 14.7. The van der Waals surface area contributed by atoms with Crippen LogP contribution in [0.2, 0.25) is 0 Å². The Bertz CT molecular complexity index is 573. The molecule has 1 saturated heterocycles. The number of halogens is 1. The lowest BCUT2D eigenvalue weighted by atomic mass is 10.1. The van der Waals surface area contributed by atoms with Crippen LogP contribution in [0.1, 0.15) is 18.6 Å². The van der Waals surface area contributed by atoms with Crippen molar-refractivity contribution >= 4 is 15.9 Å². The summed E-state index contributed by atoms with van der Waals surface area (Å²) >= 11 is 3.46. The van der Waals surface area contributed by atoms with Crippen LogP contribution in [0.4, 0.5) is 0 Å². The Hall–Kier alpha value is -1.10. The monoisotopic (exact) mass is 348 g/mol. The van der Waals surface area contributed by atoms with Crippen LogP contribution in [0.15, 0.2) is 45.3 Å². The van der Waals surface area contributed by atoms with Gasteiger partial charge in [0.05, 0.1) is 6.54 Å². The van der Waals surface area contributed by atoms with Gasteiger partial charge in [-0.1, -0.05) is 28.1 Å². The number of rotatable bonds is 4. The zero-order valence-electron chi connectivity index (χ0n) is 12.3. The summed E-state index contributed by atoms with van der Waals surface area (Å²) in [4.78, 5) is 2.39. The zero-order valence-corrected chi connectivity index (χ0v) is 13.9. The van der Waals surface area contributed by atoms with Gasteiger partial charge in [0, 0.05) is 22.6 Å². The van der Waals surface area contributed by atoms with Gasteiger partial charge in [-0.15, -0.1) is 0 Å². The molecule has 0 radical (unpaired) electrons. The van der Waals surface area contributed by atoms with Crippen LogP contribution >= 0.6 is 15.9 Å². The summed E-state index contributed by atoms with van der Waals surface area (Å²) in [6.45, 7) is 3.10. The van der Waals surface area contributed by atoms with E-state index in [0.29, 0.717) is 6.04 Å². The summed E-state index contributed by atoms with van der Waals surface area (Å²) in [5.74, 6) is 1.97. The van der Waals surface area contributed by atoms with Gasteiger partial charge in [-0.3, -0.25) is 4.90 Å². The standard InChI is InChI=1S/C17H21BrN2O/c1-20(15-3-2-10-19-11-15)12-16-8-9-17(21-16)13-4-6-14(18)7-5-13/h4-9,15,19H,2-3,10-12H2,1H3. The lowest BCUT2D eigenvalue weighted by molar-refractivity contribution is 0.184. The molecule has 1 aromatic carbocycles. The Morgan fingerprint density at radius 3 is 2.76 bits per heavy atom. The smallest absolute Gasteiger partial charge is 0.134 e. The molecule has 0 saturated carbocycles. The molecule has 1 fully saturated rings. The Balaban J connectivity index is 1.65. The van der Waals surface area contributed by atoms with E-state index in [-0.39, 0.29) is 0 Å².